The molecular formula is C16H21N3O2. The highest BCUT2D eigenvalue weighted by molar-refractivity contribution is 5.77. The molecule has 5 nitrogen and oxygen atoms in total. The van der Waals surface area contributed by atoms with Gasteiger partial charge in [-0.1, -0.05) is 17.7 Å². The van der Waals surface area contributed by atoms with Gasteiger partial charge in [0.1, 0.15) is 11.6 Å². The fourth-order valence-corrected chi connectivity index (χ4v) is 2.34. The van der Waals surface area contributed by atoms with E-state index in [1.807, 2.05) is 20.8 Å². The third-order valence-corrected chi connectivity index (χ3v) is 3.31. The molecule has 1 aromatic carbocycles. The number of imidazole rings is 1. The van der Waals surface area contributed by atoms with Crippen molar-refractivity contribution in [3.63, 3.8) is 0 Å². The van der Waals surface area contributed by atoms with Crippen LogP contribution < -0.4 is 4.74 Å². The number of rotatable bonds is 5. The molecule has 1 amide bonds. The van der Waals surface area contributed by atoms with Crippen molar-refractivity contribution in [2.75, 3.05) is 13.7 Å². The Labute approximate surface area is 125 Å². The Bertz CT molecular complexity index is 597. The lowest BCUT2D eigenvalue weighted by molar-refractivity contribution is -0.132. The molecule has 0 aliphatic heterocycles. The van der Waals surface area contributed by atoms with E-state index in [0.717, 1.165) is 22.7 Å². The zero-order valence-corrected chi connectivity index (χ0v) is 12.9. The van der Waals surface area contributed by atoms with Crippen LogP contribution >= 0.6 is 0 Å². The predicted molar refractivity (Wildman–Crippen MR) is 81.2 cm³/mol. The summed E-state index contributed by atoms with van der Waals surface area (Å²) in [6, 6.07) is 4.11. The largest absolute Gasteiger partial charge is 0.483 e. The number of nitrogens with one attached hydrogen (secondary N) is 1. The van der Waals surface area contributed by atoms with Crippen molar-refractivity contribution in [2.24, 2.45) is 0 Å². The summed E-state index contributed by atoms with van der Waals surface area (Å²) in [5, 5.41) is 0. The third-order valence-electron chi connectivity index (χ3n) is 3.31. The lowest BCUT2D eigenvalue weighted by atomic mass is 10.1. The maximum absolute atomic E-state index is 12.1. The molecule has 1 aromatic heterocycles. The minimum absolute atomic E-state index is 0.0297. The number of carbonyl (C=O) groups is 1. The van der Waals surface area contributed by atoms with Gasteiger partial charge >= 0.3 is 0 Å². The van der Waals surface area contributed by atoms with Gasteiger partial charge in [0.25, 0.3) is 5.91 Å². The molecule has 0 saturated carbocycles. The fraction of sp³-hybridized carbons (Fsp3) is 0.375. The minimum Gasteiger partial charge on any atom is -0.483 e. The number of ether oxygens (including phenoxy) is 1. The van der Waals surface area contributed by atoms with E-state index < -0.39 is 0 Å². The summed E-state index contributed by atoms with van der Waals surface area (Å²) in [6.07, 6.45) is 3.41. The van der Waals surface area contributed by atoms with Crippen molar-refractivity contribution >= 4 is 5.91 Å². The Morgan fingerprint density at radius 1 is 1.29 bits per heavy atom. The van der Waals surface area contributed by atoms with E-state index in [2.05, 4.69) is 22.1 Å². The van der Waals surface area contributed by atoms with Gasteiger partial charge in [-0.15, -0.1) is 0 Å². The van der Waals surface area contributed by atoms with E-state index in [4.69, 9.17) is 4.74 Å². The Morgan fingerprint density at radius 2 is 1.95 bits per heavy atom. The van der Waals surface area contributed by atoms with Gasteiger partial charge in [-0.25, -0.2) is 4.98 Å². The lowest BCUT2D eigenvalue weighted by Crippen LogP contribution is -2.31. The van der Waals surface area contributed by atoms with Crippen molar-refractivity contribution in [1.29, 1.82) is 0 Å². The van der Waals surface area contributed by atoms with Gasteiger partial charge in [-0.2, -0.15) is 0 Å². The van der Waals surface area contributed by atoms with Crippen molar-refractivity contribution in [3.05, 3.63) is 47.0 Å². The smallest absolute Gasteiger partial charge is 0.260 e. The number of nitrogens with zero attached hydrogens (tertiary/aromatic N) is 2. The monoisotopic (exact) mass is 287 g/mol. The quantitative estimate of drug-likeness (QED) is 0.918. The highest BCUT2D eigenvalue weighted by Gasteiger charge is 2.13. The number of benzene rings is 1. The van der Waals surface area contributed by atoms with E-state index in [9.17, 15) is 4.79 Å². The van der Waals surface area contributed by atoms with Gasteiger partial charge in [0.15, 0.2) is 6.61 Å². The first-order valence-corrected chi connectivity index (χ1v) is 6.90. The van der Waals surface area contributed by atoms with Crippen molar-refractivity contribution in [2.45, 2.75) is 27.3 Å². The van der Waals surface area contributed by atoms with Crippen LogP contribution in [0.25, 0.3) is 0 Å². The number of aromatic nitrogens is 2. The third kappa shape index (κ3) is 3.84. The molecule has 1 N–H and O–H groups in total. The normalized spacial score (nSPS) is 10.5. The Morgan fingerprint density at radius 3 is 2.52 bits per heavy atom. The predicted octanol–water partition coefficient (Wildman–Crippen LogP) is 2.37. The van der Waals surface area contributed by atoms with E-state index >= 15 is 0 Å². The molecule has 2 rings (SSSR count). The number of hydrogen-bond acceptors (Lipinski definition) is 3. The maximum atomic E-state index is 12.1. The van der Waals surface area contributed by atoms with Crippen LogP contribution in [0, 0.1) is 20.8 Å². The van der Waals surface area contributed by atoms with Crippen LogP contribution in [0.15, 0.2) is 24.5 Å². The molecular weight excluding hydrogens is 266 g/mol. The lowest BCUT2D eigenvalue weighted by Gasteiger charge is -2.18. The van der Waals surface area contributed by atoms with E-state index in [-0.39, 0.29) is 12.5 Å². The molecule has 0 fully saturated rings. The number of H-pyrrole nitrogens is 1. The summed E-state index contributed by atoms with van der Waals surface area (Å²) in [5.41, 5.74) is 3.29. The summed E-state index contributed by atoms with van der Waals surface area (Å²) in [5.74, 6) is 1.47. The maximum Gasteiger partial charge on any atom is 0.260 e. The fourth-order valence-electron chi connectivity index (χ4n) is 2.34. The molecule has 1 heterocycles. The Balaban J connectivity index is 1.95. The average molecular weight is 287 g/mol. The summed E-state index contributed by atoms with van der Waals surface area (Å²) in [6.45, 7) is 6.51. The zero-order valence-electron chi connectivity index (χ0n) is 12.9. The molecule has 5 heteroatoms. The number of likely N-dealkylation sites (N-methyl/N-ethyl adjacent to an activating group) is 1. The number of hydrogen-bond donors (Lipinski definition) is 1. The van der Waals surface area contributed by atoms with Crippen LogP contribution in [0.5, 0.6) is 5.75 Å². The van der Waals surface area contributed by atoms with Crippen LogP contribution in [0.1, 0.15) is 22.5 Å². The van der Waals surface area contributed by atoms with Crippen molar-refractivity contribution in [3.8, 4) is 5.75 Å². The van der Waals surface area contributed by atoms with Crippen LogP contribution in [0.2, 0.25) is 0 Å². The van der Waals surface area contributed by atoms with E-state index in [0.29, 0.717) is 6.54 Å². The number of amides is 1. The van der Waals surface area contributed by atoms with E-state index in [1.54, 1.807) is 24.3 Å². The Hall–Kier alpha value is -2.30. The second kappa shape index (κ2) is 6.43. The molecule has 0 saturated heterocycles. The molecule has 0 aliphatic rings. The van der Waals surface area contributed by atoms with Gasteiger partial charge in [-0.05, 0) is 31.9 Å². The molecule has 0 bridgehead atoms. The van der Waals surface area contributed by atoms with Gasteiger partial charge in [0.2, 0.25) is 0 Å². The first-order chi connectivity index (χ1) is 9.97. The zero-order chi connectivity index (χ0) is 15.4. The second-order valence-electron chi connectivity index (χ2n) is 5.30. The molecule has 0 spiro atoms. The summed E-state index contributed by atoms with van der Waals surface area (Å²) >= 11 is 0. The van der Waals surface area contributed by atoms with Gasteiger partial charge < -0.3 is 14.6 Å². The number of aromatic amines is 1. The second-order valence-corrected chi connectivity index (χ2v) is 5.30. The number of aryl methyl sites for hydroxylation is 3. The summed E-state index contributed by atoms with van der Waals surface area (Å²) < 4.78 is 5.70. The van der Waals surface area contributed by atoms with Crippen LogP contribution in [0.4, 0.5) is 0 Å². The van der Waals surface area contributed by atoms with Gasteiger partial charge in [0.05, 0.1) is 6.54 Å². The van der Waals surface area contributed by atoms with Gasteiger partial charge in [-0.3, -0.25) is 4.79 Å². The number of carbonyl (C=O) groups excluding carboxylic acids is 1. The van der Waals surface area contributed by atoms with Crippen molar-refractivity contribution in [1.82, 2.24) is 14.9 Å². The molecule has 0 unspecified atom stereocenters. The molecule has 0 aliphatic carbocycles. The van der Waals surface area contributed by atoms with Crippen LogP contribution in [-0.4, -0.2) is 34.4 Å². The Kier molecular flexibility index (Phi) is 4.62. The van der Waals surface area contributed by atoms with Crippen molar-refractivity contribution < 1.29 is 9.53 Å². The molecule has 112 valence electrons. The summed E-state index contributed by atoms with van der Waals surface area (Å²) in [7, 11) is 1.74. The molecule has 0 radical (unpaired) electrons. The first kappa shape index (κ1) is 15.1. The van der Waals surface area contributed by atoms with Crippen LogP contribution in [-0.2, 0) is 11.3 Å². The highest BCUT2D eigenvalue weighted by Crippen LogP contribution is 2.24. The van der Waals surface area contributed by atoms with Gasteiger partial charge in [0, 0.05) is 19.4 Å². The SMILES string of the molecule is Cc1cc(C)c(OCC(=O)N(C)Cc2ncc[nH]2)c(C)c1. The molecule has 0 atom stereocenters. The topological polar surface area (TPSA) is 58.2 Å². The molecule has 2 aromatic rings. The average Bonchev–Trinajstić information content (AvgIpc) is 2.89. The summed E-state index contributed by atoms with van der Waals surface area (Å²) in [4.78, 5) is 20.8. The van der Waals surface area contributed by atoms with Crippen LogP contribution in [0.3, 0.4) is 0 Å². The molecule has 21 heavy (non-hydrogen) atoms. The highest BCUT2D eigenvalue weighted by atomic mass is 16.5. The standard InChI is InChI=1S/C16H21N3O2/c1-11-7-12(2)16(13(3)8-11)21-10-15(20)19(4)9-14-17-5-6-18-14/h5-8H,9-10H2,1-4H3,(H,17,18). The minimum atomic E-state index is -0.0780. The first-order valence-electron chi connectivity index (χ1n) is 6.90. The van der Waals surface area contributed by atoms with E-state index in [1.165, 1.54) is 5.56 Å².